The van der Waals surface area contributed by atoms with Gasteiger partial charge in [0.1, 0.15) is 5.69 Å². The number of anilines is 1. The highest BCUT2D eigenvalue weighted by Gasteiger charge is 2.16. The van der Waals surface area contributed by atoms with Crippen LogP contribution in [0.25, 0.3) is 11.3 Å². The van der Waals surface area contributed by atoms with Gasteiger partial charge in [0.05, 0.1) is 25.4 Å². The van der Waals surface area contributed by atoms with Crippen molar-refractivity contribution in [2.75, 3.05) is 18.5 Å². The zero-order valence-electron chi connectivity index (χ0n) is 17.5. The van der Waals surface area contributed by atoms with Gasteiger partial charge in [0.25, 0.3) is 0 Å². The van der Waals surface area contributed by atoms with Gasteiger partial charge in [-0.05, 0) is 55.5 Å². The standard InChI is InChI=1S/C25H28N4O/c1-2-21-17-20(9-8-15-26-22-10-4-3-5-11-22)13-14-24(21)25-19-29(28-27-25)18-23-12-6-7-16-30-23/h3-5,10-11,13-14,17,19,23,26H,2,6-7,12,15-16,18H2,1H3/t23-/m1/s1. The molecule has 0 bridgehead atoms. The summed E-state index contributed by atoms with van der Waals surface area (Å²) in [6.45, 7) is 4.40. The molecule has 1 aliphatic rings. The Balaban J connectivity index is 1.42. The molecule has 0 aliphatic carbocycles. The Morgan fingerprint density at radius 1 is 1.17 bits per heavy atom. The zero-order chi connectivity index (χ0) is 20.6. The van der Waals surface area contributed by atoms with Crippen LogP contribution in [0.3, 0.4) is 0 Å². The Bertz CT molecular complexity index is 1010. The van der Waals surface area contributed by atoms with Gasteiger partial charge in [0.15, 0.2) is 0 Å². The molecule has 30 heavy (non-hydrogen) atoms. The van der Waals surface area contributed by atoms with Crippen molar-refractivity contribution in [1.82, 2.24) is 15.0 Å². The number of aryl methyl sites for hydroxylation is 1. The first-order chi connectivity index (χ1) is 14.8. The molecule has 1 atom stereocenters. The molecule has 0 radical (unpaired) electrons. The van der Waals surface area contributed by atoms with Gasteiger partial charge in [-0.2, -0.15) is 0 Å². The SMILES string of the molecule is CCc1cc(C#CCNc2ccccc2)ccc1-c1cn(C[C@H]2CCCCO2)nn1. The molecule has 1 saturated heterocycles. The average molecular weight is 401 g/mol. The third-order valence-electron chi connectivity index (χ3n) is 5.35. The summed E-state index contributed by atoms with van der Waals surface area (Å²) >= 11 is 0. The summed E-state index contributed by atoms with van der Waals surface area (Å²) in [5.41, 5.74) is 5.37. The van der Waals surface area contributed by atoms with Crippen molar-refractivity contribution in [3.63, 3.8) is 0 Å². The molecule has 0 saturated carbocycles. The highest BCUT2D eigenvalue weighted by Crippen LogP contribution is 2.24. The fourth-order valence-electron chi connectivity index (χ4n) is 3.73. The van der Waals surface area contributed by atoms with Crippen LogP contribution in [-0.2, 0) is 17.7 Å². The summed E-state index contributed by atoms with van der Waals surface area (Å²) in [6.07, 6.45) is 6.70. The quantitative estimate of drug-likeness (QED) is 0.617. The molecule has 1 aromatic heterocycles. The maximum absolute atomic E-state index is 5.82. The summed E-state index contributed by atoms with van der Waals surface area (Å²) < 4.78 is 7.73. The molecule has 154 valence electrons. The summed E-state index contributed by atoms with van der Waals surface area (Å²) in [4.78, 5) is 0. The Morgan fingerprint density at radius 3 is 2.87 bits per heavy atom. The van der Waals surface area contributed by atoms with Crippen molar-refractivity contribution in [3.8, 4) is 23.1 Å². The summed E-state index contributed by atoms with van der Waals surface area (Å²) in [7, 11) is 0. The topological polar surface area (TPSA) is 52.0 Å². The predicted octanol–water partition coefficient (Wildman–Crippen LogP) is 4.54. The lowest BCUT2D eigenvalue weighted by atomic mass is 10.00. The average Bonchev–Trinajstić information content (AvgIpc) is 3.26. The molecule has 5 heteroatoms. The molecule has 0 spiro atoms. The van der Waals surface area contributed by atoms with Crippen molar-refractivity contribution in [2.45, 2.75) is 45.3 Å². The van der Waals surface area contributed by atoms with E-state index in [1.165, 1.54) is 12.0 Å². The molecule has 3 aromatic rings. The van der Waals surface area contributed by atoms with Gasteiger partial charge in [0.2, 0.25) is 0 Å². The lowest BCUT2D eigenvalue weighted by molar-refractivity contribution is 0.00370. The van der Waals surface area contributed by atoms with Crippen LogP contribution in [0.4, 0.5) is 5.69 Å². The molecular formula is C25H28N4O. The Morgan fingerprint density at radius 2 is 2.07 bits per heavy atom. The molecule has 5 nitrogen and oxygen atoms in total. The highest BCUT2D eigenvalue weighted by atomic mass is 16.5. The molecule has 2 heterocycles. The van der Waals surface area contributed by atoms with Crippen molar-refractivity contribution < 1.29 is 4.74 Å². The first-order valence-corrected chi connectivity index (χ1v) is 10.7. The third kappa shape index (κ3) is 5.28. The van der Waals surface area contributed by atoms with Crippen LogP contribution in [0.15, 0.2) is 54.7 Å². The van der Waals surface area contributed by atoms with Gasteiger partial charge in [-0.25, -0.2) is 4.68 Å². The van der Waals surface area contributed by atoms with Crippen LogP contribution < -0.4 is 5.32 Å². The van der Waals surface area contributed by atoms with Gasteiger partial charge in [-0.1, -0.05) is 48.2 Å². The Kier molecular flexibility index (Phi) is 6.79. The minimum atomic E-state index is 0.251. The predicted molar refractivity (Wildman–Crippen MR) is 120 cm³/mol. The molecular weight excluding hydrogens is 372 g/mol. The maximum atomic E-state index is 5.82. The van der Waals surface area contributed by atoms with E-state index in [4.69, 9.17) is 4.74 Å². The number of hydrogen-bond acceptors (Lipinski definition) is 4. The second-order valence-corrected chi connectivity index (χ2v) is 7.56. The maximum Gasteiger partial charge on any atom is 0.113 e. The lowest BCUT2D eigenvalue weighted by Crippen LogP contribution is -2.24. The number of nitrogens with one attached hydrogen (secondary N) is 1. The highest BCUT2D eigenvalue weighted by molar-refractivity contribution is 5.64. The van der Waals surface area contributed by atoms with Crippen LogP contribution in [0.1, 0.15) is 37.3 Å². The fourth-order valence-corrected chi connectivity index (χ4v) is 3.73. The Hall–Kier alpha value is -3.10. The largest absolute Gasteiger partial charge is 0.376 e. The van der Waals surface area contributed by atoms with Gasteiger partial charge >= 0.3 is 0 Å². The van der Waals surface area contributed by atoms with Crippen molar-refractivity contribution in [3.05, 3.63) is 65.9 Å². The van der Waals surface area contributed by atoms with Crippen molar-refractivity contribution in [2.24, 2.45) is 0 Å². The monoisotopic (exact) mass is 400 g/mol. The number of para-hydroxylation sites is 1. The van der Waals surface area contributed by atoms with E-state index in [-0.39, 0.29) is 6.10 Å². The second kappa shape index (κ2) is 10.1. The van der Waals surface area contributed by atoms with Crippen LogP contribution in [0.5, 0.6) is 0 Å². The molecule has 1 fully saturated rings. The summed E-state index contributed by atoms with van der Waals surface area (Å²) in [5, 5.41) is 12.0. The molecule has 0 unspecified atom stereocenters. The molecule has 0 amide bonds. The van der Waals surface area contributed by atoms with Crippen LogP contribution in [0, 0.1) is 11.8 Å². The van der Waals surface area contributed by atoms with Crippen molar-refractivity contribution in [1.29, 1.82) is 0 Å². The molecule has 2 aromatic carbocycles. The zero-order valence-corrected chi connectivity index (χ0v) is 17.5. The van der Waals surface area contributed by atoms with Crippen LogP contribution in [0.2, 0.25) is 0 Å². The number of rotatable bonds is 6. The third-order valence-corrected chi connectivity index (χ3v) is 5.35. The minimum Gasteiger partial charge on any atom is -0.376 e. The lowest BCUT2D eigenvalue weighted by Gasteiger charge is -2.21. The van der Waals surface area contributed by atoms with Crippen LogP contribution in [-0.4, -0.2) is 34.2 Å². The second-order valence-electron chi connectivity index (χ2n) is 7.56. The van der Waals surface area contributed by atoms with E-state index in [2.05, 4.69) is 52.6 Å². The van der Waals surface area contributed by atoms with E-state index in [0.29, 0.717) is 6.54 Å². The number of nitrogens with zero attached hydrogens (tertiary/aromatic N) is 3. The number of ether oxygens (including phenoxy) is 1. The van der Waals surface area contributed by atoms with Crippen LogP contribution >= 0.6 is 0 Å². The van der Waals surface area contributed by atoms with E-state index in [1.54, 1.807) is 0 Å². The first kappa shape index (κ1) is 20.2. The van der Waals surface area contributed by atoms with E-state index >= 15 is 0 Å². The van der Waals surface area contributed by atoms with E-state index in [9.17, 15) is 0 Å². The molecule has 1 N–H and O–H groups in total. The van der Waals surface area contributed by atoms with Gasteiger partial charge in [0, 0.05) is 23.4 Å². The van der Waals surface area contributed by atoms with Gasteiger partial charge in [-0.3, -0.25) is 0 Å². The normalized spacial score (nSPS) is 16.0. The summed E-state index contributed by atoms with van der Waals surface area (Å²) in [6, 6.07) is 16.5. The van der Waals surface area contributed by atoms with Crippen molar-refractivity contribution >= 4 is 5.69 Å². The number of benzene rings is 2. The summed E-state index contributed by atoms with van der Waals surface area (Å²) in [5.74, 6) is 6.46. The Labute approximate surface area is 178 Å². The molecule has 4 rings (SSSR count). The van der Waals surface area contributed by atoms with Gasteiger partial charge in [-0.15, -0.1) is 5.10 Å². The molecule has 1 aliphatic heterocycles. The fraction of sp³-hybridized carbons (Fsp3) is 0.360. The van der Waals surface area contributed by atoms with Gasteiger partial charge < -0.3 is 10.1 Å². The van der Waals surface area contributed by atoms with E-state index in [1.807, 2.05) is 41.2 Å². The minimum absolute atomic E-state index is 0.251. The number of aromatic nitrogens is 3. The first-order valence-electron chi connectivity index (χ1n) is 10.7. The van der Waals surface area contributed by atoms with E-state index < -0.39 is 0 Å². The smallest absolute Gasteiger partial charge is 0.113 e. The number of hydrogen-bond donors (Lipinski definition) is 1. The van der Waals surface area contributed by atoms with E-state index in [0.717, 1.165) is 54.9 Å².